The highest BCUT2D eigenvalue weighted by Gasteiger charge is 2.20. The predicted molar refractivity (Wildman–Crippen MR) is 125 cm³/mol. The number of para-hydroxylation sites is 1. The van der Waals surface area contributed by atoms with Crippen LogP contribution in [0.4, 0.5) is 5.69 Å². The number of Topliss-reactive ketones (excluding diaryl/α,β-unsaturated/α-hetero) is 1. The molecule has 0 saturated carbocycles. The zero-order valence-corrected chi connectivity index (χ0v) is 18.4. The maximum absolute atomic E-state index is 13.1. The van der Waals surface area contributed by atoms with Crippen LogP contribution in [-0.4, -0.2) is 27.8 Å². The Kier molecular flexibility index (Phi) is 6.13. The van der Waals surface area contributed by atoms with Gasteiger partial charge in [-0.3, -0.25) is 19.0 Å². The van der Waals surface area contributed by atoms with Crippen LogP contribution in [0.25, 0.3) is 10.2 Å². The van der Waals surface area contributed by atoms with Crippen LogP contribution < -0.4 is 15.6 Å². The average molecular weight is 448 g/mol. The Balaban J connectivity index is 1.59. The number of aromatic nitrogens is 2. The van der Waals surface area contributed by atoms with E-state index in [0.717, 1.165) is 11.3 Å². The number of anilines is 1. The van der Waals surface area contributed by atoms with Crippen molar-refractivity contribution in [3.8, 4) is 5.75 Å². The molecule has 0 unspecified atom stereocenters. The van der Waals surface area contributed by atoms with Crippen LogP contribution in [0.2, 0.25) is 0 Å². The summed E-state index contributed by atoms with van der Waals surface area (Å²) in [5.74, 6) is 0.166. The molecule has 1 N–H and O–H groups in total. The van der Waals surface area contributed by atoms with Crippen LogP contribution in [0.3, 0.4) is 0 Å². The Bertz CT molecular complexity index is 1340. The Morgan fingerprint density at radius 3 is 2.50 bits per heavy atom. The van der Waals surface area contributed by atoms with Crippen LogP contribution in [0.15, 0.2) is 65.7 Å². The predicted octanol–water partition coefficient (Wildman–Crippen LogP) is 4.30. The van der Waals surface area contributed by atoms with Crippen molar-refractivity contribution in [2.45, 2.75) is 20.4 Å². The minimum atomic E-state index is -0.346. The largest absolute Gasteiger partial charge is 0.494 e. The van der Waals surface area contributed by atoms with Crippen molar-refractivity contribution in [1.82, 2.24) is 9.55 Å². The minimum Gasteiger partial charge on any atom is -0.494 e. The third kappa shape index (κ3) is 4.31. The van der Waals surface area contributed by atoms with E-state index in [4.69, 9.17) is 4.74 Å². The Labute approximate surface area is 188 Å². The molecule has 2 aromatic heterocycles. The lowest BCUT2D eigenvalue weighted by molar-refractivity contribution is 0.0969. The maximum atomic E-state index is 13.1. The van der Waals surface area contributed by atoms with Crippen molar-refractivity contribution >= 4 is 38.9 Å². The van der Waals surface area contributed by atoms with Gasteiger partial charge in [-0.25, -0.2) is 4.98 Å². The normalized spacial score (nSPS) is 10.8. The van der Waals surface area contributed by atoms with Gasteiger partial charge in [0.25, 0.3) is 11.5 Å². The number of nitrogens with one attached hydrogen (secondary N) is 1. The van der Waals surface area contributed by atoms with Gasteiger partial charge in [0.1, 0.15) is 10.6 Å². The van der Waals surface area contributed by atoms with Crippen LogP contribution >= 0.6 is 11.3 Å². The fourth-order valence-corrected chi connectivity index (χ4v) is 4.38. The summed E-state index contributed by atoms with van der Waals surface area (Å²) in [6, 6.07) is 15.9. The minimum absolute atomic E-state index is 0.142. The van der Waals surface area contributed by atoms with Gasteiger partial charge >= 0.3 is 0 Å². The molecule has 0 spiro atoms. The molecular weight excluding hydrogens is 426 g/mol. The summed E-state index contributed by atoms with van der Waals surface area (Å²) in [6.45, 7) is 4.01. The molecule has 2 heterocycles. The molecule has 0 bridgehead atoms. The highest BCUT2D eigenvalue weighted by atomic mass is 32.1. The van der Waals surface area contributed by atoms with Crippen molar-refractivity contribution < 1.29 is 14.3 Å². The van der Waals surface area contributed by atoms with E-state index in [1.165, 1.54) is 10.9 Å². The number of carbonyl (C=O) groups excluding carboxylic acids is 2. The summed E-state index contributed by atoms with van der Waals surface area (Å²) < 4.78 is 6.67. The SMILES string of the molecule is CCOc1ccc(C(=O)Cn2cnc3sc(C(=O)Nc4ccccc4)c(C)c3c2=O)cc1. The van der Waals surface area contributed by atoms with E-state index in [1.807, 2.05) is 25.1 Å². The average Bonchev–Trinajstić information content (AvgIpc) is 3.14. The molecule has 0 atom stereocenters. The van der Waals surface area contributed by atoms with E-state index in [1.54, 1.807) is 43.3 Å². The first-order valence-electron chi connectivity index (χ1n) is 10.1. The Morgan fingerprint density at radius 1 is 1.09 bits per heavy atom. The number of ketones is 1. The van der Waals surface area contributed by atoms with Gasteiger partial charge in [-0.2, -0.15) is 0 Å². The van der Waals surface area contributed by atoms with Crippen molar-refractivity contribution in [2.75, 3.05) is 11.9 Å². The molecule has 0 aliphatic carbocycles. The molecule has 32 heavy (non-hydrogen) atoms. The van der Waals surface area contributed by atoms with E-state index in [-0.39, 0.29) is 23.8 Å². The molecular formula is C24H21N3O4S. The van der Waals surface area contributed by atoms with Gasteiger partial charge in [0.2, 0.25) is 0 Å². The highest BCUT2D eigenvalue weighted by Crippen LogP contribution is 2.27. The molecule has 7 nitrogen and oxygen atoms in total. The van der Waals surface area contributed by atoms with Crippen molar-refractivity contribution in [3.05, 3.63) is 87.3 Å². The summed E-state index contributed by atoms with van der Waals surface area (Å²) in [5, 5.41) is 3.19. The van der Waals surface area contributed by atoms with E-state index in [0.29, 0.717) is 44.3 Å². The molecule has 8 heteroatoms. The second-order valence-electron chi connectivity index (χ2n) is 7.11. The maximum Gasteiger partial charge on any atom is 0.266 e. The molecule has 4 aromatic rings. The van der Waals surface area contributed by atoms with Gasteiger partial charge in [-0.05, 0) is 55.8 Å². The van der Waals surface area contributed by atoms with Gasteiger partial charge in [0.05, 0.1) is 29.7 Å². The highest BCUT2D eigenvalue weighted by molar-refractivity contribution is 7.20. The van der Waals surface area contributed by atoms with Crippen molar-refractivity contribution in [1.29, 1.82) is 0 Å². The van der Waals surface area contributed by atoms with E-state index < -0.39 is 0 Å². The number of amides is 1. The summed E-state index contributed by atoms with van der Waals surface area (Å²) >= 11 is 1.16. The number of nitrogens with zero attached hydrogens (tertiary/aromatic N) is 2. The first kappa shape index (κ1) is 21.5. The summed E-state index contributed by atoms with van der Waals surface area (Å²) in [4.78, 5) is 43.7. The molecule has 0 saturated heterocycles. The third-order valence-electron chi connectivity index (χ3n) is 4.96. The van der Waals surface area contributed by atoms with Crippen LogP contribution in [0.1, 0.15) is 32.5 Å². The van der Waals surface area contributed by atoms with Gasteiger partial charge in [0, 0.05) is 11.3 Å². The standard InChI is InChI=1S/C24H21N3O4S/c1-3-31-18-11-9-16(10-12-18)19(28)13-27-14-25-23-20(24(27)30)15(2)21(32-23)22(29)26-17-7-5-4-6-8-17/h4-12,14H,3,13H2,1-2H3,(H,26,29). The first-order chi connectivity index (χ1) is 15.5. The molecule has 0 aliphatic heterocycles. The van der Waals surface area contributed by atoms with E-state index in [2.05, 4.69) is 10.3 Å². The summed E-state index contributed by atoms with van der Waals surface area (Å²) in [5.41, 5.74) is 1.35. The van der Waals surface area contributed by atoms with E-state index >= 15 is 0 Å². The number of carbonyl (C=O) groups is 2. The monoisotopic (exact) mass is 447 g/mol. The molecule has 4 rings (SSSR count). The van der Waals surface area contributed by atoms with Crippen LogP contribution in [0, 0.1) is 6.92 Å². The van der Waals surface area contributed by atoms with Gasteiger partial charge in [-0.15, -0.1) is 11.3 Å². The zero-order chi connectivity index (χ0) is 22.7. The van der Waals surface area contributed by atoms with Gasteiger partial charge in [-0.1, -0.05) is 18.2 Å². The summed E-state index contributed by atoms with van der Waals surface area (Å²) in [6.07, 6.45) is 1.35. The van der Waals surface area contributed by atoms with Gasteiger partial charge in [0.15, 0.2) is 5.78 Å². The quantitative estimate of drug-likeness (QED) is 0.427. The van der Waals surface area contributed by atoms with E-state index in [9.17, 15) is 14.4 Å². The van der Waals surface area contributed by atoms with Crippen LogP contribution in [0.5, 0.6) is 5.75 Å². The number of thiophene rings is 1. The first-order valence-corrected chi connectivity index (χ1v) is 10.9. The molecule has 0 radical (unpaired) electrons. The smallest absolute Gasteiger partial charge is 0.266 e. The lowest BCUT2D eigenvalue weighted by Gasteiger charge is -2.07. The lowest BCUT2D eigenvalue weighted by Crippen LogP contribution is -2.24. The molecule has 2 aromatic carbocycles. The third-order valence-corrected chi connectivity index (χ3v) is 6.16. The Hall–Kier alpha value is -3.78. The van der Waals surface area contributed by atoms with Crippen LogP contribution in [-0.2, 0) is 6.54 Å². The number of hydrogen-bond donors (Lipinski definition) is 1. The number of fused-ring (bicyclic) bond motifs is 1. The lowest BCUT2D eigenvalue weighted by atomic mass is 10.1. The topological polar surface area (TPSA) is 90.3 Å². The number of benzene rings is 2. The van der Waals surface area contributed by atoms with Crippen molar-refractivity contribution in [3.63, 3.8) is 0 Å². The second kappa shape index (κ2) is 9.15. The zero-order valence-electron chi connectivity index (χ0n) is 17.6. The number of hydrogen-bond acceptors (Lipinski definition) is 6. The molecule has 162 valence electrons. The molecule has 0 fully saturated rings. The molecule has 0 aliphatic rings. The number of ether oxygens (including phenoxy) is 1. The van der Waals surface area contributed by atoms with Crippen molar-refractivity contribution in [2.24, 2.45) is 0 Å². The second-order valence-corrected chi connectivity index (χ2v) is 8.11. The molecule has 1 amide bonds. The number of rotatable bonds is 7. The fraction of sp³-hybridized carbons (Fsp3) is 0.167. The van der Waals surface area contributed by atoms with Gasteiger partial charge < -0.3 is 10.1 Å². The Morgan fingerprint density at radius 2 is 1.81 bits per heavy atom. The number of aryl methyl sites for hydroxylation is 1. The summed E-state index contributed by atoms with van der Waals surface area (Å²) in [7, 11) is 0. The fourth-order valence-electron chi connectivity index (χ4n) is 3.35.